The Morgan fingerprint density at radius 3 is 2.27 bits per heavy atom. The Morgan fingerprint density at radius 1 is 0.955 bits per heavy atom. The highest BCUT2D eigenvalue weighted by molar-refractivity contribution is 5.85. The predicted octanol–water partition coefficient (Wildman–Crippen LogP) is 4.68. The molecule has 0 aliphatic heterocycles. The zero-order chi connectivity index (χ0) is 15.8. The van der Waals surface area contributed by atoms with Crippen molar-refractivity contribution in [1.29, 1.82) is 0 Å². The maximum Gasteiger partial charge on any atom is 0.128 e. The summed E-state index contributed by atoms with van der Waals surface area (Å²) in [6, 6.07) is 16.3. The van der Waals surface area contributed by atoms with Gasteiger partial charge in [0.05, 0.1) is 12.3 Å². The number of hydrogen-bond donors (Lipinski definition) is 0. The second-order valence-electron chi connectivity index (χ2n) is 4.92. The van der Waals surface area contributed by atoms with Crippen LogP contribution in [-0.4, -0.2) is 25.9 Å². The number of hydrogen-bond acceptors (Lipinski definition) is 3. The Kier molecular flexibility index (Phi) is 6.01. The van der Waals surface area contributed by atoms with Gasteiger partial charge in [-0.05, 0) is 57.2 Å². The Morgan fingerprint density at radius 2 is 1.64 bits per heavy atom. The van der Waals surface area contributed by atoms with Crippen molar-refractivity contribution in [3.8, 4) is 5.75 Å². The summed E-state index contributed by atoms with van der Waals surface area (Å²) >= 11 is 0. The van der Waals surface area contributed by atoms with Gasteiger partial charge in [-0.15, -0.1) is 0 Å². The average molecular weight is 296 g/mol. The molecule has 0 radical (unpaired) electrons. The summed E-state index contributed by atoms with van der Waals surface area (Å²) in [7, 11) is 0. The summed E-state index contributed by atoms with van der Waals surface area (Å²) in [6.07, 6.45) is 1.86. The molecule has 22 heavy (non-hydrogen) atoms. The van der Waals surface area contributed by atoms with Gasteiger partial charge in [-0.2, -0.15) is 0 Å². The fourth-order valence-electron chi connectivity index (χ4n) is 2.36. The highest BCUT2D eigenvalue weighted by atomic mass is 16.5. The molecule has 0 unspecified atom stereocenters. The van der Waals surface area contributed by atoms with Crippen LogP contribution in [0.4, 0.5) is 11.4 Å². The second kappa shape index (κ2) is 8.23. The number of nitrogens with zero attached hydrogens (tertiary/aromatic N) is 2. The molecule has 0 fully saturated rings. The molecule has 3 nitrogen and oxygen atoms in total. The summed E-state index contributed by atoms with van der Waals surface area (Å²) in [5.41, 5.74) is 3.18. The van der Waals surface area contributed by atoms with E-state index in [-0.39, 0.29) is 0 Å². The van der Waals surface area contributed by atoms with Gasteiger partial charge in [0.1, 0.15) is 5.75 Å². The molecule has 0 aliphatic carbocycles. The van der Waals surface area contributed by atoms with Gasteiger partial charge in [0.15, 0.2) is 0 Å². The van der Waals surface area contributed by atoms with Crippen molar-refractivity contribution in [1.82, 2.24) is 0 Å². The van der Waals surface area contributed by atoms with Crippen LogP contribution < -0.4 is 9.64 Å². The lowest BCUT2D eigenvalue weighted by Gasteiger charge is -2.20. The second-order valence-corrected chi connectivity index (χ2v) is 4.92. The van der Waals surface area contributed by atoms with Crippen LogP contribution in [0.3, 0.4) is 0 Å². The fourth-order valence-corrected chi connectivity index (χ4v) is 2.36. The van der Waals surface area contributed by atoms with Crippen LogP contribution in [0, 0.1) is 0 Å². The van der Waals surface area contributed by atoms with E-state index in [1.165, 1.54) is 5.69 Å². The molecular formula is C19H24N2O. The monoisotopic (exact) mass is 296 g/mol. The molecule has 0 spiro atoms. The normalized spacial score (nSPS) is 10.9. The molecule has 0 saturated carbocycles. The number of ether oxygens (including phenoxy) is 1. The number of rotatable bonds is 7. The Hall–Kier alpha value is -2.29. The zero-order valence-electron chi connectivity index (χ0n) is 13.6. The van der Waals surface area contributed by atoms with E-state index in [1.807, 2.05) is 49.5 Å². The lowest BCUT2D eigenvalue weighted by Crippen LogP contribution is -2.21. The van der Waals surface area contributed by atoms with Crippen LogP contribution in [0.15, 0.2) is 53.5 Å². The molecule has 2 aromatic rings. The van der Waals surface area contributed by atoms with E-state index in [1.54, 1.807) is 0 Å². The highest BCUT2D eigenvalue weighted by Crippen LogP contribution is 2.21. The summed E-state index contributed by atoms with van der Waals surface area (Å²) in [6.45, 7) is 9.01. The van der Waals surface area contributed by atoms with Gasteiger partial charge in [-0.1, -0.05) is 12.1 Å². The van der Waals surface area contributed by atoms with E-state index in [9.17, 15) is 0 Å². The van der Waals surface area contributed by atoms with Crippen molar-refractivity contribution in [2.24, 2.45) is 4.99 Å². The molecule has 0 aliphatic rings. The van der Waals surface area contributed by atoms with E-state index >= 15 is 0 Å². The Labute approximate surface area is 133 Å². The van der Waals surface area contributed by atoms with Crippen LogP contribution in [0.25, 0.3) is 0 Å². The van der Waals surface area contributed by atoms with E-state index in [2.05, 4.69) is 35.9 Å². The molecular weight excluding hydrogens is 272 g/mol. The van der Waals surface area contributed by atoms with Crippen molar-refractivity contribution in [3.05, 3.63) is 54.1 Å². The third kappa shape index (κ3) is 4.10. The highest BCUT2D eigenvalue weighted by Gasteiger charge is 2.01. The molecule has 0 bridgehead atoms. The molecule has 2 aromatic carbocycles. The van der Waals surface area contributed by atoms with Crippen LogP contribution >= 0.6 is 0 Å². The van der Waals surface area contributed by atoms with Crippen molar-refractivity contribution >= 4 is 17.6 Å². The van der Waals surface area contributed by atoms with Crippen LogP contribution in [-0.2, 0) is 0 Å². The Balaban J connectivity index is 2.14. The quantitative estimate of drug-likeness (QED) is 0.693. The minimum Gasteiger partial charge on any atom is -0.493 e. The smallest absolute Gasteiger partial charge is 0.128 e. The molecule has 0 saturated heterocycles. The molecule has 2 rings (SSSR count). The minimum absolute atomic E-state index is 0.656. The fraction of sp³-hybridized carbons (Fsp3) is 0.316. The van der Waals surface area contributed by atoms with Gasteiger partial charge in [-0.25, -0.2) is 0 Å². The predicted molar refractivity (Wildman–Crippen MR) is 94.9 cm³/mol. The van der Waals surface area contributed by atoms with Crippen molar-refractivity contribution in [3.63, 3.8) is 0 Å². The van der Waals surface area contributed by atoms with Crippen LogP contribution in [0.5, 0.6) is 5.75 Å². The first-order chi connectivity index (χ1) is 10.8. The van der Waals surface area contributed by atoms with Crippen molar-refractivity contribution in [2.75, 3.05) is 24.6 Å². The maximum absolute atomic E-state index is 5.61. The summed E-state index contributed by atoms with van der Waals surface area (Å²) in [5, 5.41) is 0. The largest absolute Gasteiger partial charge is 0.493 e. The topological polar surface area (TPSA) is 24.8 Å². The molecule has 116 valence electrons. The average Bonchev–Trinajstić information content (AvgIpc) is 2.57. The van der Waals surface area contributed by atoms with E-state index in [0.29, 0.717) is 6.61 Å². The van der Waals surface area contributed by atoms with E-state index in [4.69, 9.17) is 4.74 Å². The van der Waals surface area contributed by atoms with Crippen LogP contribution in [0.2, 0.25) is 0 Å². The first-order valence-electron chi connectivity index (χ1n) is 7.89. The van der Waals surface area contributed by atoms with Gasteiger partial charge in [0.25, 0.3) is 0 Å². The first-order valence-corrected chi connectivity index (χ1v) is 7.89. The molecule has 0 atom stereocenters. The number of benzene rings is 2. The van der Waals surface area contributed by atoms with Gasteiger partial charge < -0.3 is 9.64 Å². The van der Waals surface area contributed by atoms with Crippen molar-refractivity contribution < 1.29 is 4.74 Å². The third-order valence-corrected chi connectivity index (χ3v) is 3.55. The number of para-hydroxylation sites is 1. The maximum atomic E-state index is 5.61. The van der Waals surface area contributed by atoms with Gasteiger partial charge in [0, 0.05) is 30.6 Å². The molecule has 0 amide bonds. The lowest BCUT2D eigenvalue weighted by molar-refractivity contribution is 0.340. The lowest BCUT2D eigenvalue weighted by atomic mass is 10.2. The summed E-state index contributed by atoms with van der Waals surface area (Å²) < 4.78 is 5.61. The molecule has 0 heterocycles. The minimum atomic E-state index is 0.656. The van der Waals surface area contributed by atoms with Gasteiger partial charge in [0.2, 0.25) is 0 Å². The van der Waals surface area contributed by atoms with E-state index < -0.39 is 0 Å². The Bertz CT molecular complexity index is 601. The first kappa shape index (κ1) is 16.1. The molecule has 0 aromatic heterocycles. The number of aliphatic imine (C=N–C) groups is 1. The van der Waals surface area contributed by atoms with Crippen molar-refractivity contribution in [2.45, 2.75) is 20.8 Å². The SMILES string of the molecule is CCOc1ccccc1C=Nc1ccc(N(CC)CC)cc1. The van der Waals surface area contributed by atoms with E-state index in [0.717, 1.165) is 30.1 Å². The third-order valence-electron chi connectivity index (χ3n) is 3.55. The van der Waals surface area contributed by atoms with Gasteiger partial charge in [-0.3, -0.25) is 4.99 Å². The standard InChI is InChI=1S/C19H24N2O/c1-4-21(5-2)18-13-11-17(12-14-18)20-15-16-9-7-8-10-19(16)22-6-3/h7-15H,4-6H2,1-3H3. The summed E-state index contributed by atoms with van der Waals surface area (Å²) in [4.78, 5) is 6.87. The van der Waals surface area contributed by atoms with Gasteiger partial charge >= 0.3 is 0 Å². The number of anilines is 1. The summed E-state index contributed by atoms with van der Waals surface area (Å²) in [5.74, 6) is 0.869. The zero-order valence-corrected chi connectivity index (χ0v) is 13.6. The van der Waals surface area contributed by atoms with Crippen LogP contribution in [0.1, 0.15) is 26.3 Å². The molecule has 3 heteroatoms. The molecule has 0 N–H and O–H groups in total.